The van der Waals surface area contributed by atoms with Crippen LogP contribution in [0.2, 0.25) is 0 Å². The minimum Gasteiger partial charge on any atom is -0.488 e. The van der Waals surface area contributed by atoms with Crippen LogP contribution in [-0.4, -0.2) is 29.9 Å². The molecule has 0 aliphatic heterocycles. The van der Waals surface area contributed by atoms with E-state index in [9.17, 15) is 9.59 Å². The van der Waals surface area contributed by atoms with Gasteiger partial charge in [0.15, 0.2) is 0 Å². The smallest absolute Gasteiger partial charge is 0.338 e. The third kappa shape index (κ3) is 5.54. The highest BCUT2D eigenvalue weighted by Crippen LogP contribution is 2.20. The first-order valence-corrected chi connectivity index (χ1v) is 9.42. The Bertz CT molecular complexity index is 1040. The van der Waals surface area contributed by atoms with Crippen LogP contribution in [-0.2, 0) is 11.3 Å². The van der Waals surface area contributed by atoms with Gasteiger partial charge in [0.2, 0.25) is 0 Å². The fraction of sp³-hybridized carbons (Fsp3) is 0.125. The Morgan fingerprint density at radius 1 is 0.933 bits per heavy atom. The van der Waals surface area contributed by atoms with Crippen molar-refractivity contribution in [2.24, 2.45) is 4.99 Å². The van der Waals surface area contributed by atoms with Crippen LogP contribution < -0.4 is 4.74 Å². The Morgan fingerprint density at radius 2 is 1.60 bits per heavy atom. The molecular weight excluding hydrogens is 382 g/mol. The molecule has 0 radical (unpaired) electrons. The van der Waals surface area contributed by atoms with Crippen molar-refractivity contribution in [1.82, 2.24) is 0 Å². The number of hydrogen-bond acceptors (Lipinski definition) is 5. The number of para-hydroxylation sites is 1. The van der Waals surface area contributed by atoms with E-state index in [0.29, 0.717) is 30.2 Å². The molecular formula is C24H21NO5. The number of esters is 1. The Balaban J connectivity index is 1.67. The van der Waals surface area contributed by atoms with Crippen LogP contribution in [0.15, 0.2) is 77.8 Å². The second-order valence-corrected chi connectivity index (χ2v) is 6.35. The quantitative estimate of drug-likeness (QED) is 0.427. The number of rotatable bonds is 8. The highest BCUT2D eigenvalue weighted by Gasteiger charge is 2.06. The maximum Gasteiger partial charge on any atom is 0.338 e. The van der Waals surface area contributed by atoms with E-state index in [2.05, 4.69) is 4.99 Å². The zero-order chi connectivity index (χ0) is 21.3. The largest absolute Gasteiger partial charge is 0.488 e. The monoisotopic (exact) mass is 403 g/mol. The average molecular weight is 403 g/mol. The van der Waals surface area contributed by atoms with Crippen molar-refractivity contribution in [3.05, 3.63) is 95.1 Å². The van der Waals surface area contributed by atoms with E-state index in [1.54, 1.807) is 61.7 Å². The van der Waals surface area contributed by atoms with E-state index in [1.165, 1.54) is 0 Å². The van der Waals surface area contributed by atoms with Gasteiger partial charge >= 0.3 is 11.9 Å². The molecule has 0 amide bonds. The fourth-order valence-electron chi connectivity index (χ4n) is 2.67. The van der Waals surface area contributed by atoms with E-state index in [1.807, 2.05) is 24.3 Å². The fourth-order valence-corrected chi connectivity index (χ4v) is 2.67. The molecule has 0 aliphatic rings. The first-order chi connectivity index (χ1) is 14.6. The summed E-state index contributed by atoms with van der Waals surface area (Å²) in [4.78, 5) is 27.1. The number of carbonyl (C=O) groups is 2. The summed E-state index contributed by atoms with van der Waals surface area (Å²) in [6.07, 6.45) is 1.70. The number of ether oxygens (including phenoxy) is 2. The van der Waals surface area contributed by atoms with Crippen LogP contribution >= 0.6 is 0 Å². The van der Waals surface area contributed by atoms with Gasteiger partial charge in [0.25, 0.3) is 0 Å². The molecule has 152 valence electrons. The molecule has 3 aromatic carbocycles. The highest BCUT2D eigenvalue weighted by molar-refractivity contribution is 5.90. The van der Waals surface area contributed by atoms with Gasteiger partial charge in [-0.15, -0.1) is 0 Å². The molecule has 0 unspecified atom stereocenters. The van der Waals surface area contributed by atoms with Gasteiger partial charge in [-0.25, -0.2) is 9.59 Å². The van der Waals surface area contributed by atoms with Crippen LogP contribution in [0.4, 0.5) is 5.69 Å². The Morgan fingerprint density at radius 3 is 2.27 bits per heavy atom. The molecule has 0 aromatic heterocycles. The molecule has 0 fully saturated rings. The molecule has 3 rings (SSSR count). The molecule has 0 saturated heterocycles. The van der Waals surface area contributed by atoms with Gasteiger partial charge in [0.1, 0.15) is 12.4 Å². The highest BCUT2D eigenvalue weighted by atomic mass is 16.5. The Kier molecular flexibility index (Phi) is 6.95. The second kappa shape index (κ2) is 10.0. The molecule has 3 aromatic rings. The Labute approximate surface area is 174 Å². The number of nitrogens with zero attached hydrogens (tertiary/aromatic N) is 1. The molecule has 0 spiro atoms. The van der Waals surface area contributed by atoms with Gasteiger partial charge in [0, 0.05) is 11.8 Å². The van der Waals surface area contributed by atoms with Crippen molar-refractivity contribution in [2.45, 2.75) is 13.5 Å². The van der Waals surface area contributed by atoms with E-state index in [4.69, 9.17) is 14.6 Å². The third-order valence-corrected chi connectivity index (χ3v) is 4.25. The summed E-state index contributed by atoms with van der Waals surface area (Å²) in [6, 6.07) is 20.9. The molecule has 0 saturated carbocycles. The first kappa shape index (κ1) is 20.8. The van der Waals surface area contributed by atoms with Gasteiger partial charge in [-0.1, -0.05) is 24.3 Å². The minimum atomic E-state index is -0.959. The molecule has 0 aliphatic carbocycles. The third-order valence-electron chi connectivity index (χ3n) is 4.25. The lowest BCUT2D eigenvalue weighted by atomic mass is 10.1. The predicted molar refractivity (Wildman–Crippen MR) is 114 cm³/mol. The van der Waals surface area contributed by atoms with Crippen molar-refractivity contribution in [2.75, 3.05) is 6.61 Å². The number of carbonyl (C=O) groups excluding carboxylic acids is 1. The van der Waals surface area contributed by atoms with Gasteiger partial charge in [-0.2, -0.15) is 0 Å². The topological polar surface area (TPSA) is 85.2 Å². The minimum absolute atomic E-state index is 0.236. The molecule has 6 nitrogen and oxygen atoms in total. The van der Waals surface area contributed by atoms with E-state index < -0.39 is 5.97 Å². The van der Waals surface area contributed by atoms with Crippen LogP contribution in [0.5, 0.6) is 5.75 Å². The summed E-state index contributed by atoms with van der Waals surface area (Å²) in [7, 11) is 0. The van der Waals surface area contributed by atoms with E-state index in [-0.39, 0.29) is 11.5 Å². The summed E-state index contributed by atoms with van der Waals surface area (Å²) in [5.74, 6) is -0.658. The maximum absolute atomic E-state index is 11.7. The number of carboxylic acid groups (broad SMARTS) is 1. The van der Waals surface area contributed by atoms with Crippen molar-refractivity contribution in [3.63, 3.8) is 0 Å². The second-order valence-electron chi connectivity index (χ2n) is 6.35. The summed E-state index contributed by atoms with van der Waals surface area (Å²) in [5.41, 5.74) is 3.08. The normalized spacial score (nSPS) is 10.7. The van der Waals surface area contributed by atoms with Crippen molar-refractivity contribution >= 4 is 23.8 Å². The lowest BCUT2D eigenvalue weighted by Crippen LogP contribution is -2.03. The molecule has 0 bridgehead atoms. The van der Waals surface area contributed by atoms with Crippen LogP contribution in [0.1, 0.15) is 38.8 Å². The maximum atomic E-state index is 11.7. The van der Waals surface area contributed by atoms with Crippen LogP contribution in [0.25, 0.3) is 0 Å². The molecule has 1 N–H and O–H groups in total. The van der Waals surface area contributed by atoms with Gasteiger partial charge in [0.05, 0.1) is 23.4 Å². The van der Waals surface area contributed by atoms with Crippen molar-refractivity contribution in [3.8, 4) is 5.75 Å². The number of hydrogen-bond donors (Lipinski definition) is 1. The SMILES string of the molecule is CCOC(=O)c1ccc(N=Cc2ccccc2OCc2ccc(C(=O)O)cc2)cc1. The number of benzene rings is 3. The molecule has 30 heavy (non-hydrogen) atoms. The van der Waals surface area contributed by atoms with Crippen LogP contribution in [0.3, 0.4) is 0 Å². The van der Waals surface area contributed by atoms with Gasteiger partial charge < -0.3 is 14.6 Å². The lowest BCUT2D eigenvalue weighted by molar-refractivity contribution is 0.0526. The summed E-state index contributed by atoms with van der Waals surface area (Å²) < 4.78 is 10.9. The van der Waals surface area contributed by atoms with E-state index >= 15 is 0 Å². The van der Waals surface area contributed by atoms with Gasteiger partial charge in [-0.3, -0.25) is 4.99 Å². The van der Waals surface area contributed by atoms with Crippen LogP contribution in [0, 0.1) is 0 Å². The molecule has 0 heterocycles. The average Bonchev–Trinajstić information content (AvgIpc) is 2.77. The zero-order valence-corrected chi connectivity index (χ0v) is 16.4. The Hall–Kier alpha value is -3.93. The first-order valence-electron chi connectivity index (χ1n) is 9.42. The summed E-state index contributed by atoms with van der Waals surface area (Å²) >= 11 is 0. The zero-order valence-electron chi connectivity index (χ0n) is 16.4. The summed E-state index contributed by atoms with van der Waals surface area (Å²) in [6.45, 7) is 2.40. The van der Waals surface area contributed by atoms with Crippen molar-refractivity contribution in [1.29, 1.82) is 0 Å². The lowest BCUT2D eigenvalue weighted by Gasteiger charge is -2.09. The predicted octanol–water partition coefficient (Wildman–Crippen LogP) is 4.89. The van der Waals surface area contributed by atoms with Crippen molar-refractivity contribution < 1.29 is 24.2 Å². The molecule has 6 heteroatoms. The number of carboxylic acids is 1. The number of aromatic carboxylic acids is 1. The summed E-state index contributed by atoms with van der Waals surface area (Å²) in [5, 5.41) is 8.97. The molecule has 0 atom stereocenters. The number of aliphatic imine (C=N–C) groups is 1. The van der Waals surface area contributed by atoms with E-state index in [0.717, 1.165) is 11.1 Å². The van der Waals surface area contributed by atoms with Gasteiger partial charge in [-0.05, 0) is 61.0 Å². The standard InChI is InChI=1S/C24H21NO5/c1-2-29-24(28)19-11-13-21(14-12-19)25-15-20-5-3-4-6-22(20)30-16-17-7-9-18(10-8-17)23(26)27/h3-15H,2,16H2,1H3,(H,26,27).